The van der Waals surface area contributed by atoms with Gasteiger partial charge in [0.25, 0.3) is 0 Å². The van der Waals surface area contributed by atoms with Gasteiger partial charge < -0.3 is 9.67 Å². The molecule has 2 heteroatoms. The van der Waals surface area contributed by atoms with Crippen LogP contribution in [0.3, 0.4) is 0 Å². The number of hydrogen-bond acceptors (Lipinski definition) is 1. The highest BCUT2D eigenvalue weighted by molar-refractivity contribution is 5.83. The van der Waals surface area contributed by atoms with Gasteiger partial charge in [0.15, 0.2) is 0 Å². The first-order valence-electron chi connectivity index (χ1n) is 6.65. The molecule has 2 rings (SSSR count). The van der Waals surface area contributed by atoms with Gasteiger partial charge in [-0.25, -0.2) is 0 Å². The number of nitrogens with zero attached hydrogens (tertiary/aromatic N) is 1. The van der Waals surface area contributed by atoms with Crippen molar-refractivity contribution in [3.05, 3.63) is 48.7 Å². The zero-order valence-electron chi connectivity index (χ0n) is 10.8. The molecule has 1 aromatic heterocycles. The standard InChI is InChI=1S/C16H21NO/c1-2-3-4-5-6-11-17-12-10-15-14(13-18)8-7-9-16(15)17/h2,7-10,12,18H,1,3-6,11,13H2. The van der Waals surface area contributed by atoms with Crippen LogP contribution in [0.4, 0.5) is 0 Å². The summed E-state index contributed by atoms with van der Waals surface area (Å²) in [5.74, 6) is 0. The summed E-state index contributed by atoms with van der Waals surface area (Å²) in [4.78, 5) is 0. The third-order valence-electron chi connectivity index (χ3n) is 3.38. The van der Waals surface area contributed by atoms with Crippen molar-refractivity contribution in [2.75, 3.05) is 0 Å². The maximum absolute atomic E-state index is 9.30. The summed E-state index contributed by atoms with van der Waals surface area (Å²) in [6, 6.07) is 8.22. The van der Waals surface area contributed by atoms with Crippen LogP contribution in [-0.4, -0.2) is 9.67 Å². The number of aryl methyl sites for hydroxylation is 1. The smallest absolute Gasteiger partial charge is 0.0688 e. The first-order chi connectivity index (χ1) is 8.86. The van der Waals surface area contributed by atoms with E-state index in [0.29, 0.717) is 0 Å². The molecule has 1 heterocycles. The Morgan fingerprint density at radius 2 is 2.06 bits per heavy atom. The van der Waals surface area contributed by atoms with Crippen molar-refractivity contribution in [1.29, 1.82) is 0 Å². The van der Waals surface area contributed by atoms with Gasteiger partial charge >= 0.3 is 0 Å². The lowest BCUT2D eigenvalue weighted by molar-refractivity contribution is 0.283. The minimum atomic E-state index is 0.112. The Kier molecular flexibility index (Phi) is 4.59. The molecule has 0 amide bonds. The second-order valence-electron chi connectivity index (χ2n) is 4.66. The van der Waals surface area contributed by atoms with E-state index >= 15 is 0 Å². The maximum atomic E-state index is 9.30. The number of unbranched alkanes of at least 4 members (excludes halogenated alkanes) is 3. The van der Waals surface area contributed by atoms with Crippen LogP contribution in [0.1, 0.15) is 31.2 Å². The highest BCUT2D eigenvalue weighted by Gasteiger charge is 2.04. The third kappa shape index (κ3) is 2.82. The zero-order chi connectivity index (χ0) is 12.8. The van der Waals surface area contributed by atoms with E-state index < -0.39 is 0 Å². The van der Waals surface area contributed by atoms with Crippen LogP contribution >= 0.6 is 0 Å². The minimum absolute atomic E-state index is 0.112. The number of aromatic nitrogens is 1. The monoisotopic (exact) mass is 243 g/mol. The molecule has 2 aromatic rings. The highest BCUT2D eigenvalue weighted by Crippen LogP contribution is 2.21. The number of hydrogen-bond donors (Lipinski definition) is 1. The normalized spacial score (nSPS) is 10.9. The average molecular weight is 243 g/mol. The molecule has 0 aliphatic rings. The van der Waals surface area contributed by atoms with Gasteiger partial charge in [-0.3, -0.25) is 0 Å². The zero-order valence-corrected chi connectivity index (χ0v) is 10.8. The molecular formula is C16H21NO. The molecule has 0 aliphatic heterocycles. The van der Waals surface area contributed by atoms with Crippen LogP contribution < -0.4 is 0 Å². The van der Waals surface area contributed by atoms with Gasteiger partial charge in [0.1, 0.15) is 0 Å². The van der Waals surface area contributed by atoms with E-state index in [1.165, 1.54) is 30.2 Å². The molecule has 0 atom stereocenters. The molecule has 0 saturated carbocycles. The van der Waals surface area contributed by atoms with Gasteiger partial charge in [-0.15, -0.1) is 6.58 Å². The number of allylic oxidation sites excluding steroid dienone is 1. The quantitative estimate of drug-likeness (QED) is 0.579. The molecule has 0 aliphatic carbocycles. The van der Waals surface area contributed by atoms with Gasteiger partial charge in [-0.1, -0.05) is 24.6 Å². The topological polar surface area (TPSA) is 25.2 Å². The molecule has 0 radical (unpaired) electrons. The Hall–Kier alpha value is -1.54. The van der Waals surface area contributed by atoms with E-state index in [4.69, 9.17) is 0 Å². The number of aliphatic hydroxyl groups excluding tert-OH is 1. The molecule has 0 unspecified atom stereocenters. The lowest BCUT2D eigenvalue weighted by Crippen LogP contribution is -1.96. The SMILES string of the molecule is C=CCCCCCn1ccc2c(CO)cccc21. The van der Waals surface area contributed by atoms with Gasteiger partial charge in [-0.05, 0) is 37.0 Å². The fourth-order valence-electron chi connectivity index (χ4n) is 2.37. The Morgan fingerprint density at radius 3 is 2.83 bits per heavy atom. The van der Waals surface area contributed by atoms with E-state index in [0.717, 1.165) is 18.5 Å². The van der Waals surface area contributed by atoms with Gasteiger partial charge in [-0.2, -0.15) is 0 Å². The summed E-state index contributed by atoms with van der Waals surface area (Å²) in [5.41, 5.74) is 2.24. The summed E-state index contributed by atoms with van der Waals surface area (Å²) in [6.07, 6.45) is 8.88. The molecular weight excluding hydrogens is 222 g/mol. The fraction of sp³-hybridized carbons (Fsp3) is 0.375. The van der Waals surface area contributed by atoms with Crippen molar-refractivity contribution >= 4 is 10.9 Å². The molecule has 0 spiro atoms. The van der Waals surface area contributed by atoms with Crippen molar-refractivity contribution in [3.8, 4) is 0 Å². The van der Waals surface area contributed by atoms with Crippen molar-refractivity contribution in [2.45, 2.75) is 38.8 Å². The molecule has 0 fully saturated rings. The van der Waals surface area contributed by atoms with E-state index in [1.54, 1.807) is 0 Å². The Morgan fingerprint density at radius 1 is 1.17 bits per heavy atom. The van der Waals surface area contributed by atoms with Crippen LogP contribution in [0.5, 0.6) is 0 Å². The predicted molar refractivity (Wildman–Crippen MR) is 76.5 cm³/mol. The van der Waals surface area contributed by atoms with Crippen molar-refractivity contribution < 1.29 is 5.11 Å². The van der Waals surface area contributed by atoms with E-state index in [2.05, 4.69) is 29.5 Å². The van der Waals surface area contributed by atoms with E-state index in [9.17, 15) is 5.11 Å². The molecule has 18 heavy (non-hydrogen) atoms. The molecule has 0 bridgehead atoms. The number of rotatable bonds is 7. The summed E-state index contributed by atoms with van der Waals surface area (Å²) < 4.78 is 2.28. The van der Waals surface area contributed by atoms with Gasteiger partial charge in [0.2, 0.25) is 0 Å². The Balaban J connectivity index is 2.03. The van der Waals surface area contributed by atoms with Gasteiger partial charge in [0.05, 0.1) is 6.61 Å². The van der Waals surface area contributed by atoms with Gasteiger partial charge in [0, 0.05) is 23.6 Å². The first-order valence-corrected chi connectivity index (χ1v) is 6.65. The lowest BCUT2D eigenvalue weighted by Gasteiger charge is -2.06. The predicted octanol–water partition coefficient (Wildman–Crippen LogP) is 3.88. The third-order valence-corrected chi connectivity index (χ3v) is 3.38. The second kappa shape index (κ2) is 6.41. The Bertz CT molecular complexity index is 513. The number of fused-ring (bicyclic) bond motifs is 1. The summed E-state index contributed by atoms with van der Waals surface area (Å²) >= 11 is 0. The largest absolute Gasteiger partial charge is 0.392 e. The molecule has 0 saturated heterocycles. The van der Waals surface area contributed by atoms with E-state index in [-0.39, 0.29) is 6.61 Å². The van der Waals surface area contributed by atoms with Crippen LogP contribution in [0.25, 0.3) is 10.9 Å². The first kappa shape index (κ1) is 12.9. The fourth-order valence-corrected chi connectivity index (χ4v) is 2.37. The maximum Gasteiger partial charge on any atom is 0.0688 e. The molecule has 96 valence electrons. The lowest BCUT2D eigenvalue weighted by atomic mass is 10.1. The van der Waals surface area contributed by atoms with Crippen LogP contribution in [-0.2, 0) is 13.2 Å². The summed E-state index contributed by atoms with van der Waals surface area (Å²) in [6.45, 7) is 4.90. The van der Waals surface area contributed by atoms with Crippen molar-refractivity contribution in [3.63, 3.8) is 0 Å². The summed E-state index contributed by atoms with van der Waals surface area (Å²) in [7, 11) is 0. The molecule has 2 nitrogen and oxygen atoms in total. The molecule has 1 N–H and O–H groups in total. The van der Waals surface area contributed by atoms with Crippen molar-refractivity contribution in [2.24, 2.45) is 0 Å². The van der Waals surface area contributed by atoms with Crippen LogP contribution in [0.2, 0.25) is 0 Å². The van der Waals surface area contributed by atoms with Crippen molar-refractivity contribution in [1.82, 2.24) is 4.57 Å². The molecule has 1 aromatic carbocycles. The Labute approximate surface area is 109 Å². The van der Waals surface area contributed by atoms with E-state index in [1.807, 2.05) is 18.2 Å². The number of aliphatic hydroxyl groups is 1. The average Bonchev–Trinajstić information content (AvgIpc) is 2.82. The highest BCUT2D eigenvalue weighted by atomic mass is 16.3. The van der Waals surface area contributed by atoms with Crippen LogP contribution in [0.15, 0.2) is 43.1 Å². The van der Waals surface area contributed by atoms with Crippen LogP contribution in [0, 0.1) is 0 Å². The second-order valence-corrected chi connectivity index (χ2v) is 4.66. The minimum Gasteiger partial charge on any atom is -0.392 e. The number of benzene rings is 1. The summed E-state index contributed by atoms with van der Waals surface area (Å²) in [5, 5.41) is 10.5.